The average molecular weight is 395 g/mol. The maximum absolute atomic E-state index is 13.6. The van der Waals surface area contributed by atoms with Crippen molar-refractivity contribution < 1.29 is 13.6 Å². The molecule has 1 aliphatic heterocycles. The van der Waals surface area contributed by atoms with Crippen LogP contribution in [0.2, 0.25) is 0 Å². The first-order chi connectivity index (χ1) is 13.5. The molecule has 2 N–H and O–H groups in total. The van der Waals surface area contributed by atoms with E-state index in [0.29, 0.717) is 18.0 Å². The first-order valence-corrected chi connectivity index (χ1v) is 10.5. The number of hydrogen-bond donors (Lipinski definition) is 2. The van der Waals surface area contributed by atoms with E-state index >= 15 is 0 Å². The molecule has 2 fully saturated rings. The summed E-state index contributed by atoms with van der Waals surface area (Å²) in [4.78, 5) is 14.7. The van der Waals surface area contributed by atoms with Gasteiger partial charge in [-0.15, -0.1) is 0 Å². The molecule has 1 aliphatic carbocycles. The molecule has 1 aromatic rings. The normalized spacial score (nSPS) is 19.5. The van der Waals surface area contributed by atoms with E-state index in [0.717, 1.165) is 57.7 Å². The number of nitrogens with zero attached hydrogens (tertiary/aromatic N) is 2. The maximum atomic E-state index is 13.6. The zero-order valence-corrected chi connectivity index (χ0v) is 16.7. The van der Waals surface area contributed by atoms with Gasteiger partial charge in [0.15, 0.2) is 0 Å². The molecular formula is C21H32F2N4O. The predicted octanol–water partition coefficient (Wildman–Crippen LogP) is 3.66. The van der Waals surface area contributed by atoms with Crippen molar-refractivity contribution in [2.45, 2.75) is 57.5 Å². The molecule has 7 heteroatoms. The summed E-state index contributed by atoms with van der Waals surface area (Å²) in [7, 11) is 1.92. The minimum Gasteiger partial charge on any atom is -0.335 e. The zero-order valence-electron chi connectivity index (χ0n) is 16.7. The van der Waals surface area contributed by atoms with Crippen LogP contribution in [-0.2, 0) is 6.54 Å². The summed E-state index contributed by atoms with van der Waals surface area (Å²) in [5.41, 5.74) is 3.65. The quantitative estimate of drug-likeness (QED) is 0.774. The van der Waals surface area contributed by atoms with Crippen molar-refractivity contribution >= 4 is 6.03 Å². The highest BCUT2D eigenvalue weighted by molar-refractivity contribution is 5.74. The standard InChI is InChI=1S/C21H32F2N4O/c1-24-27-9-7-16(8-10-27)14-26(15-17-11-18(22)13-19(23)12-17)21(28)25-20-5-3-2-4-6-20/h11-13,16,20,24H,2-10,14-15H2,1H3,(H,25,28). The number of hydrazine groups is 1. The van der Waals surface area contributed by atoms with Crippen LogP contribution in [0.1, 0.15) is 50.5 Å². The summed E-state index contributed by atoms with van der Waals surface area (Å²) >= 11 is 0. The van der Waals surface area contributed by atoms with Crippen molar-refractivity contribution in [3.05, 3.63) is 35.4 Å². The fourth-order valence-corrected chi connectivity index (χ4v) is 4.31. The number of nitrogens with one attached hydrogen (secondary N) is 2. The molecule has 5 nitrogen and oxygen atoms in total. The van der Waals surface area contributed by atoms with Crippen LogP contribution in [0.4, 0.5) is 13.6 Å². The van der Waals surface area contributed by atoms with E-state index in [1.165, 1.54) is 18.6 Å². The molecule has 1 saturated heterocycles. The number of carbonyl (C=O) groups is 1. The molecule has 3 rings (SSSR count). The van der Waals surface area contributed by atoms with Gasteiger partial charge in [-0.2, -0.15) is 0 Å². The van der Waals surface area contributed by atoms with E-state index in [1.54, 1.807) is 4.90 Å². The van der Waals surface area contributed by atoms with Gasteiger partial charge in [-0.25, -0.2) is 18.6 Å². The van der Waals surface area contributed by atoms with Crippen LogP contribution in [0.25, 0.3) is 0 Å². The number of carbonyl (C=O) groups excluding carboxylic acids is 1. The summed E-state index contributed by atoms with van der Waals surface area (Å²) in [6.45, 7) is 2.70. The molecule has 0 aromatic heterocycles. The van der Waals surface area contributed by atoms with Crippen LogP contribution in [0, 0.1) is 17.6 Å². The summed E-state index contributed by atoms with van der Waals surface area (Å²) in [5.74, 6) is -0.824. The number of rotatable bonds is 6. The van der Waals surface area contributed by atoms with Gasteiger partial charge in [0.1, 0.15) is 11.6 Å². The highest BCUT2D eigenvalue weighted by Gasteiger charge is 2.25. The lowest BCUT2D eigenvalue weighted by Gasteiger charge is -2.35. The highest BCUT2D eigenvalue weighted by atomic mass is 19.1. The van der Waals surface area contributed by atoms with E-state index in [2.05, 4.69) is 15.8 Å². The van der Waals surface area contributed by atoms with E-state index in [9.17, 15) is 13.6 Å². The molecule has 0 unspecified atom stereocenters. The Labute approximate surface area is 166 Å². The Morgan fingerprint density at radius 1 is 1.07 bits per heavy atom. The Morgan fingerprint density at radius 2 is 1.71 bits per heavy atom. The summed E-state index contributed by atoms with van der Waals surface area (Å²) in [6.07, 6.45) is 7.51. The second-order valence-electron chi connectivity index (χ2n) is 8.10. The lowest BCUT2D eigenvalue weighted by atomic mass is 9.95. The number of amides is 2. The Hall–Kier alpha value is -1.73. The lowest BCUT2D eigenvalue weighted by molar-refractivity contribution is 0.114. The third-order valence-electron chi connectivity index (χ3n) is 5.93. The number of piperidine rings is 1. The molecular weight excluding hydrogens is 362 g/mol. The van der Waals surface area contributed by atoms with Gasteiger partial charge in [-0.1, -0.05) is 19.3 Å². The van der Waals surface area contributed by atoms with Crippen molar-refractivity contribution in [3.8, 4) is 0 Å². The molecule has 28 heavy (non-hydrogen) atoms. The molecule has 1 heterocycles. The van der Waals surface area contributed by atoms with Gasteiger partial charge in [-0.3, -0.25) is 5.43 Å². The molecule has 0 spiro atoms. The van der Waals surface area contributed by atoms with Crippen LogP contribution in [0.3, 0.4) is 0 Å². The first-order valence-electron chi connectivity index (χ1n) is 10.5. The van der Waals surface area contributed by atoms with Crippen LogP contribution >= 0.6 is 0 Å². The van der Waals surface area contributed by atoms with E-state index in [1.807, 2.05) is 7.05 Å². The third-order valence-corrected chi connectivity index (χ3v) is 5.93. The molecule has 156 valence electrons. The van der Waals surface area contributed by atoms with Gasteiger partial charge in [0.2, 0.25) is 0 Å². The van der Waals surface area contributed by atoms with Crippen LogP contribution < -0.4 is 10.7 Å². The lowest BCUT2D eigenvalue weighted by Crippen LogP contribution is -2.49. The molecule has 0 radical (unpaired) electrons. The Morgan fingerprint density at radius 3 is 2.32 bits per heavy atom. The van der Waals surface area contributed by atoms with Gasteiger partial charge in [0.25, 0.3) is 0 Å². The van der Waals surface area contributed by atoms with E-state index < -0.39 is 11.6 Å². The fourth-order valence-electron chi connectivity index (χ4n) is 4.31. The zero-order chi connectivity index (χ0) is 19.9. The van der Waals surface area contributed by atoms with Crippen LogP contribution in [-0.4, -0.2) is 48.7 Å². The average Bonchev–Trinajstić information content (AvgIpc) is 2.68. The SMILES string of the molecule is CNN1CCC(CN(Cc2cc(F)cc(F)c2)C(=O)NC2CCCCC2)CC1. The molecule has 2 amide bonds. The molecule has 2 aliphatic rings. The van der Waals surface area contributed by atoms with Gasteiger partial charge in [-0.05, 0) is 56.3 Å². The number of benzene rings is 1. The van der Waals surface area contributed by atoms with Crippen molar-refractivity contribution in [2.75, 3.05) is 26.7 Å². The Bertz CT molecular complexity index is 623. The topological polar surface area (TPSA) is 47.6 Å². The van der Waals surface area contributed by atoms with Crippen LogP contribution in [0.15, 0.2) is 18.2 Å². The second-order valence-corrected chi connectivity index (χ2v) is 8.10. The Kier molecular flexibility index (Phi) is 7.62. The Balaban J connectivity index is 1.66. The monoisotopic (exact) mass is 394 g/mol. The van der Waals surface area contributed by atoms with Crippen molar-refractivity contribution in [2.24, 2.45) is 5.92 Å². The number of halogens is 2. The summed E-state index contributed by atoms with van der Waals surface area (Å²) in [6, 6.07) is 3.58. The van der Waals surface area contributed by atoms with Gasteiger partial charge in [0, 0.05) is 38.3 Å². The fraction of sp³-hybridized carbons (Fsp3) is 0.667. The van der Waals surface area contributed by atoms with Crippen molar-refractivity contribution in [1.82, 2.24) is 20.7 Å². The van der Waals surface area contributed by atoms with Gasteiger partial charge in [0.05, 0.1) is 0 Å². The first kappa shape index (κ1) is 21.0. The van der Waals surface area contributed by atoms with E-state index in [-0.39, 0.29) is 18.6 Å². The van der Waals surface area contributed by atoms with Crippen molar-refractivity contribution in [3.63, 3.8) is 0 Å². The number of hydrogen-bond acceptors (Lipinski definition) is 3. The smallest absolute Gasteiger partial charge is 0.317 e. The maximum Gasteiger partial charge on any atom is 0.317 e. The van der Waals surface area contributed by atoms with Crippen molar-refractivity contribution in [1.29, 1.82) is 0 Å². The minimum absolute atomic E-state index is 0.118. The van der Waals surface area contributed by atoms with Gasteiger partial charge >= 0.3 is 6.03 Å². The highest BCUT2D eigenvalue weighted by Crippen LogP contribution is 2.21. The summed E-state index contributed by atoms with van der Waals surface area (Å²) < 4.78 is 27.2. The van der Waals surface area contributed by atoms with Gasteiger partial charge < -0.3 is 10.2 Å². The second kappa shape index (κ2) is 10.2. The number of urea groups is 1. The third kappa shape index (κ3) is 6.14. The molecule has 0 atom stereocenters. The largest absolute Gasteiger partial charge is 0.335 e. The predicted molar refractivity (Wildman–Crippen MR) is 106 cm³/mol. The summed E-state index contributed by atoms with van der Waals surface area (Å²) in [5, 5.41) is 5.33. The molecule has 1 saturated carbocycles. The van der Waals surface area contributed by atoms with Crippen LogP contribution in [0.5, 0.6) is 0 Å². The minimum atomic E-state index is -0.607. The van der Waals surface area contributed by atoms with E-state index in [4.69, 9.17) is 0 Å². The molecule has 0 bridgehead atoms. The molecule has 1 aromatic carbocycles.